The minimum Gasteiger partial charge on any atom is -0.291 e. The van der Waals surface area contributed by atoms with Crippen molar-refractivity contribution in [2.75, 3.05) is 7.05 Å². The van der Waals surface area contributed by atoms with E-state index in [2.05, 4.69) is 29.9 Å². The van der Waals surface area contributed by atoms with Crippen LogP contribution in [0.25, 0.3) is 0 Å². The first kappa shape index (κ1) is 12.7. The Bertz CT molecular complexity index is 355. The molecule has 16 heavy (non-hydrogen) atoms. The normalized spacial score (nSPS) is 11.2. The van der Waals surface area contributed by atoms with Crippen molar-refractivity contribution in [3.63, 3.8) is 0 Å². The molecule has 0 aliphatic heterocycles. The van der Waals surface area contributed by atoms with Gasteiger partial charge in [0.1, 0.15) is 0 Å². The Balaban J connectivity index is 2.93. The van der Waals surface area contributed by atoms with E-state index in [1.165, 1.54) is 5.56 Å². The molecule has 1 aromatic carbocycles. The molecule has 3 nitrogen and oxygen atoms in total. The molecule has 0 unspecified atom stereocenters. The Labute approximate surface area is 97.2 Å². The van der Waals surface area contributed by atoms with Gasteiger partial charge in [0.05, 0.1) is 5.41 Å². The summed E-state index contributed by atoms with van der Waals surface area (Å²) >= 11 is 0. The number of hydrogen-bond donors (Lipinski definition) is 2. The van der Waals surface area contributed by atoms with Gasteiger partial charge >= 0.3 is 0 Å². The first-order valence-electron chi connectivity index (χ1n) is 5.59. The highest BCUT2D eigenvalue weighted by Crippen LogP contribution is 2.23. The van der Waals surface area contributed by atoms with Crippen molar-refractivity contribution in [2.24, 2.45) is 0 Å². The van der Waals surface area contributed by atoms with Gasteiger partial charge in [-0.25, -0.2) is 5.43 Å². The van der Waals surface area contributed by atoms with Crippen LogP contribution in [-0.4, -0.2) is 13.0 Å². The minimum absolute atomic E-state index is 0.0285. The fourth-order valence-electron chi connectivity index (χ4n) is 1.56. The first-order chi connectivity index (χ1) is 7.52. The number of hydrazine groups is 1. The van der Waals surface area contributed by atoms with E-state index in [1.807, 2.05) is 26.0 Å². The zero-order valence-corrected chi connectivity index (χ0v) is 10.4. The van der Waals surface area contributed by atoms with Gasteiger partial charge < -0.3 is 0 Å². The number of nitrogens with one attached hydrogen (secondary N) is 2. The second kappa shape index (κ2) is 5.12. The summed E-state index contributed by atoms with van der Waals surface area (Å²) in [6, 6.07) is 8.19. The zero-order valence-electron chi connectivity index (χ0n) is 10.4. The quantitative estimate of drug-likeness (QED) is 0.759. The largest absolute Gasteiger partial charge is 0.291 e. The van der Waals surface area contributed by atoms with Crippen LogP contribution in [-0.2, 0) is 16.6 Å². The molecule has 0 aliphatic rings. The monoisotopic (exact) mass is 220 g/mol. The number of carbonyl (C=O) groups is 1. The SMILES string of the molecule is CCc1ccc(C(C)(C)C(=O)NNC)cc1. The smallest absolute Gasteiger partial charge is 0.244 e. The fourth-order valence-corrected chi connectivity index (χ4v) is 1.56. The Kier molecular flexibility index (Phi) is 4.07. The van der Waals surface area contributed by atoms with Crippen LogP contribution < -0.4 is 10.9 Å². The van der Waals surface area contributed by atoms with E-state index < -0.39 is 5.41 Å². The zero-order chi connectivity index (χ0) is 12.2. The van der Waals surface area contributed by atoms with Gasteiger partial charge in [-0.15, -0.1) is 0 Å². The third kappa shape index (κ3) is 2.61. The van der Waals surface area contributed by atoms with Crippen molar-refractivity contribution in [1.82, 2.24) is 10.9 Å². The van der Waals surface area contributed by atoms with E-state index in [0.29, 0.717) is 0 Å². The highest BCUT2D eigenvalue weighted by atomic mass is 16.2. The summed E-state index contributed by atoms with van der Waals surface area (Å²) in [4.78, 5) is 11.8. The van der Waals surface area contributed by atoms with E-state index in [0.717, 1.165) is 12.0 Å². The minimum atomic E-state index is -0.519. The second-order valence-electron chi connectivity index (χ2n) is 4.38. The third-order valence-corrected chi connectivity index (χ3v) is 2.89. The standard InChI is InChI=1S/C13H20N2O/c1-5-10-6-8-11(9-7-10)13(2,3)12(16)15-14-4/h6-9,14H,5H2,1-4H3,(H,15,16). The van der Waals surface area contributed by atoms with Gasteiger partial charge in [0.2, 0.25) is 5.91 Å². The number of aryl methyl sites for hydroxylation is 1. The summed E-state index contributed by atoms with van der Waals surface area (Å²) in [7, 11) is 1.69. The molecule has 3 heteroatoms. The number of carbonyl (C=O) groups excluding carboxylic acids is 1. The molecule has 0 aromatic heterocycles. The summed E-state index contributed by atoms with van der Waals surface area (Å²) in [5.74, 6) is -0.0285. The van der Waals surface area contributed by atoms with Crippen molar-refractivity contribution in [1.29, 1.82) is 0 Å². The van der Waals surface area contributed by atoms with Crippen LogP contribution >= 0.6 is 0 Å². The van der Waals surface area contributed by atoms with Crippen LogP contribution in [0.1, 0.15) is 31.9 Å². The molecule has 0 fully saturated rings. The molecule has 0 saturated heterocycles. The highest BCUT2D eigenvalue weighted by Gasteiger charge is 2.29. The Morgan fingerprint density at radius 1 is 1.25 bits per heavy atom. The van der Waals surface area contributed by atoms with Crippen LogP contribution in [0.5, 0.6) is 0 Å². The van der Waals surface area contributed by atoms with E-state index in [4.69, 9.17) is 0 Å². The third-order valence-electron chi connectivity index (χ3n) is 2.89. The Morgan fingerprint density at radius 2 is 1.81 bits per heavy atom. The van der Waals surface area contributed by atoms with Gasteiger partial charge in [0, 0.05) is 7.05 Å². The molecule has 0 spiro atoms. The van der Waals surface area contributed by atoms with Crippen molar-refractivity contribution in [3.8, 4) is 0 Å². The topological polar surface area (TPSA) is 41.1 Å². The summed E-state index contributed by atoms with van der Waals surface area (Å²) in [6.07, 6.45) is 1.02. The van der Waals surface area contributed by atoms with Gasteiger partial charge in [-0.1, -0.05) is 31.2 Å². The lowest BCUT2D eigenvalue weighted by Gasteiger charge is -2.24. The predicted molar refractivity (Wildman–Crippen MR) is 66.0 cm³/mol. The Morgan fingerprint density at radius 3 is 2.25 bits per heavy atom. The summed E-state index contributed by atoms with van der Waals surface area (Å²) in [6.45, 7) is 5.95. The van der Waals surface area contributed by atoms with Crippen molar-refractivity contribution >= 4 is 5.91 Å². The van der Waals surface area contributed by atoms with E-state index >= 15 is 0 Å². The van der Waals surface area contributed by atoms with Crippen LogP contribution in [0.15, 0.2) is 24.3 Å². The van der Waals surface area contributed by atoms with Crippen molar-refractivity contribution in [3.05, 3.63) is 35.4 Å². The molecule has 0 saturated carbocycles. The molecule has 1 amide bonds. The predicted octanol–water partition coefficient (Wildman–Crippen LogP) is 1.78. The molecule has 1 rings (SSSR count). The molecular weight excluding hydrogens is 200 g/mol. The fraction of sp³-hybridized carbons (Fsp3) is 0.462. The maximum absolute atomic E-state index is 11.8. The number of benzene rings is 1. The van der Waals surface area contributed by atoms with Crippen molar-refractivity contribution < 1.29 is 4.79 Å². The average Bonchev–Trinajstić information content (AvgIpc) is 2.29. The molecule has 0 heterocycles. The lowest BCUT2D eigenvalue weighted by Crippen LogP contribution is -2.45. The van der Waals surface area contributed by atoms with Gasteiger partial charge in [-0.05, 0) is 31.4 Å². The van der Waals surface area contributed by atoms with Gasteiger partial charge in [0.15, 0.2) is 0 Å². The summed E-state index contributed by atoms with van der Waals surface area (Å²) < 4.78 is 0. The lowest BCUT2D eigenvalue weighted by molar-refractivity contribution is -0.126. The highest BCUT2D eigenvalue weighted by molar-refractivity contribution is 5.86. The summed E-state index contributed by atoms with van der Waals surface area (Å²) in [5, 5.41) is 0. The lowest BCUT2D eigenvalue weighted by atomic mass is 9.83. The molecule has 0 radical (unpaired) electrons. The van der Waals surface area contributed by atoms with Crippen LogP contribution in [0, 0.1) is 0 Å². The first-order valence-corrected chi connectivity index (χ1v) is 5.59. The van der Waals surface area contributed by atoms with Gasteiger partial charge in [0.25, 0.3) is 0 Å². The van der Waals surface area contributed by atoms with Crippen LogP contribution in [0.2, 0.25) is 0 Å². The van der Waals surface area contributed by atoms with E-state index in [-0.39, 0.29) is 5.91 Å². The van der Waals surface area contributed by atoms with E-state index in [9.17, 15) is 4.79 Å². The molecule has 0 aliphatic carbocycles. The maximum atomic E-state index is 11.8. The Hall–Kier alpha value is -1.35. The second-order valence-corrected chi connectivity index (χ2v) is 4.38. The average molecular weight is 220 g/mol. The molecule has 0 atom stereocenters. The van der Waals surface area contributed by atoms with Gasteiger partial charge in [-0.2, -0.15) is 0 Å². The van der Waals surface area contributed by atoms with Gasteiger partial charge in [-0.3, -0.25) is 10.2 Å². The molecular formula is C13H20N2O. The number of hydrogen-bond acceptors (Lipinski definition) is 2. The van der Waals surface area contributed by atoms with Crippen LogP contribution in [0.4, 0.5) is 0 Å². The molecule has 0 bridgehead atoms. The summed E-state index contributed by atoms with van der Waals surface area (Å²) in [5.41, 5.74) is 7.08. The molecule has 1 aromatic rings. The number of rotatable bonds is 4. The maximum Gasteiger partial charge on any atom is 0.244 e. The van der Waals surface area contributed by atoms with Crippen LogP contribution in [0.3, 0.4) is 0 Å². The molecule has 2 N–H and O–H groups in total. The number of amides is 1. The van der Waals surface area contributed by atoms with E-state index in [1.54, 1.807) is 7.05 Å². The molecule has 88 valence electrons. The van der Waals surface area contributed by atoms with Crippen molar-refractivity contribution in [2.45, 2.75) is 32.6 Å².